The zero-order chi connectivity index (χ0) is 9.30. The summed E-state index contributed by atoms with van der Waals surface area (Å²) in [6, 6.07) is 0. The predicted octanol–water partition coefficient (Wildman–Crippen LogP) is 0.573. The summed E-state index contributed by atoms with van der Waals surface area (Å²) in [6.07, 6.45) is 0. The van der Waals surface area contributed by atoms with E-state index in [0.717, 1.165) is 4.68 Å². The highest BCUT2D eigenvalue weighted by Crippen LogP contribution is 2.02. The first-order chi connectivity index (χ1) is 5.52. The van der Waals surface area contributed by atoms with E-state index in [1.54, 1.807) is 0 Å². The van der Waals surface area contributed by atoms with Gasteiger partial charge in [-0.15, -0.1) is 5.10 Å². The third-order valence-electron chi connectivity index (χ3n) is 1.11. The fourth-order valence-electron chi connectivity index (χ4n) is 0.639. The van der Waals surface area contributed by atoms with E-state index in [2.05, 4.69) is 10.1 Å². The molecule has 1 aromatic heterocycles. The summed E-state index contributed by atoms with van der Waals surface area (Å²) in [5.74, 6) is -0.344. The van der Waals surface area contributed by atoms with Crippen LogP contribution in [0.4, 0.5) is 0 Å². The van der Waals surface area contributed by atoms with Crippen molar-refractivity contribution in [2.45, 2.75) is 0 Å². The Morgan fingerprint density at radius 3 is 2.17 bits per heavy atom. The van der Waals surface area contributed by atoms with E-state index >= 15 is 0 Å². The average Bonchev–Trinajstić information content (AvgIpc) is 2.30. The highest BCUT2D eigenvalue weighted by Gasteiger charge is 2.16. The fourth-order valence-corrected chi connectivity index (χ4v) is 0.884. The summed E-state index contributed by atoms with van der Waals surface area (Å²) < 4.78 is 1.09. The van der Waals surface area contributed by atoms with Crippen LogP contribution < -0.4 is 0 Å². The summed E-state index contributed by atoms with van der Waals surface area (Å²) >= 11 is 10.2. The smallest absolute Gasteiger partial charge is 0.272 e. The lowest BCUT2D eigenvalue weighted by molar-refractivity contribution is 0.106. The predicted molar refractivity (Wildman–Crippen MR) is 41.4 cm³/mol. The number of hydrogen-bond acceptors (Lipinski definition) is 4. The lowest BCUT2D eigenvalue weighted by Gasteiger charge is -1.87. The molecular formula is C5H3Cl2N3O2. The molecule has 0 N–H and O–H groups in total. The first-order valence-corrected chi connectivity index (χ1v) is 3.58. The molecule has 7 heteroatoms. The number of aromatic nitrogens is 3. The third-order valence-corrected chi connectivity index (χ3v) is 1.45. The number of halogens is 2. The molecule has 0 spiro atoms. The van der Waals surface area contributed by atoms with Crippen LogP contribution in [0.5, 0.6) is 0 Å². The van der Waals surface area contributed by atoms with Gasteiger partial charge in [0.25, 0.3) is 10.5 Å². The molecule has 0 radical (unpaired) electrons. The monoisotopic (exact) mass is 207 g/mol. The Hall–Kier alpha value is -0.940. The van der Waals surface area contributed by atoms with Crippen LogP contribution in [0.1, 0.15) is 21.2 Å². The Bertz CT molecular complexity index is 346. The Labute approximate surface area is 77.3 Å². The molecule has 0 fully saturated rings. The number of rotatable bonds is 2. The maximum atomic E-state index is 10.6. The van der Waals surface area contributed by atoms with Crippen LogP contribution in [0.25, 0.3) is 0 Å². The largest absolute Gasteiger partial charge is 0.291 e. The minimum Gasteiger partial charge on any atom is -0.272 e. The van der Waals surface area contributed by atoms with Crippen LogP contribution in [0.3, 0.4) is 0 Å². The van der Waals surface area contributed by atoms with Gasteiger partial charge in [-0.2, -0.15) is 4.98 Å². The first-order valence-electron chi connectivity index (χ1n) is 2.83. The van der Waals surface area contributed by atoms with Gasteiger partial charge in [-0.05, 0) is 23.2 Å². The molecule has 0 atom stereocenters. The van der Waals surface area contributed by atoms with E-state index in [1.165, 1.54) is 7.05 Å². The van der Waals surface area contributed by atoms with Crippen molar-refractivity contribution in [1.29, 1.82) is 0 Å². The molecule has 0 aliphatic heterocycles. The molecule has 1 heterocycles. The Kier molecular flexibility index (Phi) is 2.44. The summed E-state index contributed by atoms with van der Waals surface area (Å²) in [6.45, 7) is 0. The van der Waals surface area contributed by atoms with Crippen molar-refractivity contribution in [2.24, 2.45) is 7.05 Å². The van der Waals surface area contributed by atoms with Crippen LogP contribution in [-0.4, -0.2) is 25.2 Å². The van der Waals surface area contributed by atoms with Crippen molar-refractivity contribution in [2.75, 3.05) is 0 Å². The second kappa shape index (κ2) is 3.20. The van der Waals surface area contributed by atoms with Crippen LogP contribution in [-0.2, 0) is 7.05 Å². The normalized spacial score (nSPS) is 9.92. The van der Waals surface area contributed by atoms with Gasteiger partial charge in [-0.25, -0.2) is 4.68 Å². The van der Waals surface area contributed by atoms with Crippen LogP contribution >= 0.6 is 23.2 Å². The lowest BCUT2D eigenvalue weighted by Crippen LogP contribution is -2.01. The molecule has 1 aromatic rings. The molecular weight excluding hydrogens is 205 g/mol. The lowest BCUT2D eigenvalue weighted by atomic mass is 10.6. The van der Waals surface area contributed by atoms with Crippen molar-refractivity contribution in [3.8, 4) is 0 Å². The highest BCUT2D eigenvalue weighted by atomic mass is 35.5. The maximum absolute atomic E-state index is 10.6. The quantitative estimate of drug-likeness (QED) is 0.666. The topological polar surface area (TPSA) is 64.8 Å². The Morgan fingerprint density at radius 2 is 1.92 bits per heavy atom. The second-order valence-electron chi connectivity index (χ2n) is 1.93. The average molecular weight is 208 g/mol. The van der Waals surface area contributed by atoms with E-state index in [4.69, 9.17) is 23.2 Å². The summed E-state index contributed by atoms with van der Waals surface area (Å²) in [4.78, 5) is 24.6. The number of aryl methyl sites for hydroxylation is 1. The van der Waals surface area contributed by atoms with Gasteiger partial charge >= 0.3 is 0 Å². The molecule has 0 bridgehead atoms. The minimum atomic E-state index is -0.824. The molecule has 0 saturated heterocycles. The summed E-state index contributed by atoms with van der Waals surface area (Å²) in [7, 11) is 1.44. The Morgan fingerprint density at radius 1 is 1.33 bits per heavy atom. The van der Waals surface area contributed by atoms with Gasteiger partial charge in [-0.3, -0.25) is 9.59 Å². The van der Waals surface area contributed by atoms with Crippen molar-refractivity contribution in [1.82, 2.24) is 14.8 Å². The molecule has 0 saturated carbocycles. The molecule has 12 heavy (non-hydrogen) atoms. The van der Waals surface area contributed by atoms with Crippen molar-refractivity contribution >= 4 is 33.7 Å². The SMILES string of the molecule is Cn1nc(C(=O)Cl)nc1C(=O)Cl. The van der Waals surface area contributed by atoms with E-state index < -0.39 is 10.5 Å². The van der Waals surface area contributed by atoms with E-state index in [-0.39, 0.29) is 11.6 Å². The summed E-state index contributed by atoms with van der Waals surface area (Å²) in [5, 5.41) is 1.94. The molecule has 0 aliphatic carbocycles. The van der Waals surface area contributed by atoms with Crippen LogP contribution in [0.15, 0.2) is 0 Å². The molecule has 1 rings (SSSR count). The third kappa shape index (κ3) is 1.62. The van der Waals surface area contributed by atoms with Gasteiger partial charge < -0.3 is 0 Å². The number of carbonyl (C=O) groups is 2. The van der Waals surface area contributed by atoms with E-state index in [0.29, 0.717) is 0 Å². The Balaban J connectivity index is 3.17. The zero-order valence-corrected chi connectivity index (χ0v) is 7.43. The highest BCUT2D eigenvalue weighted by molar-refractivity contribution is 6.68. The number of hydrogen-bond donors (Lipinski definition) is 0. The summed E-state index contributed by atoms with van der Waals surface area (Å²) in [5.41, 5.74) is 0. The van der Waals surface area contributed by atoms with Crippen LogP contribution in [0, 0.1) is 0 Å². The van der Waals surface area contributed by atoms with Crippen molar-refractivity contribution in [3.63, 3.8) is 0 Å². The molecule has 0 amide bonds. The maximum Gasteiger partial charge on any atom is 0.291 e. The molecule has 0 unspecified atom stereocenters. The van der Waals surface area contributed by atoms with E-state index in [1.807, 2.05) is 0 Å². The first kappa shape index (κ1) is 9.15. The van der Waals surface area contributed by atoms with Gasteiger partial charge in [0.2, 0.25) is 11.6 Å². The molecule has 5 nitrogen and oxygen atoms in total. The van der Waals surface area contributed by atoms with Crippen molar-refractivity contribution < 1.29 is 9.59 Å². The van der Waals surface area contributed by atoms with Gasteiger partial charge in [0.05, 0.1) is 0 Å². The van der Waals surface area contributed by atoms with E-state index in [9.17, 15) is 9.59 Å². The standard InChI is InChI=1S/C5H3Cl2N3O2/c1-10-5(3(7)12)8-4(9-10)2(6)11/h1H3. The molecule has 0 aromatic carbocycles. The van der Waals surface area contributed by atoms with Crippen molar-refractivity contribution in [3.05, 3.63) is 11.6 Å². The molecule has 64 valence electrons. The fraction of sp³-hybridized carbons (Fsp3) is 0.200. The minimum absolute atomic E-state index is 0.110. The number of carbonyl (C=O) groups excluding carboxylic acids is 2. The van der Waals surface area contributed by atoms with Crippen LogP contribution in [0.2, 0.25) is 0 Å². The molecule has 0 aliphatic rings. The zero-order valence-electron chi connectivity index (χ0n) is 5.91. The van der Waals surface area contributed by atoms with Gasteiger partial charge in [0.1, 0.15) is 0 Å². The second-order valence-corrected chi connectivity index (χ2v) is 2.62. The number of nitrogens with zero attached hydrogens (tertiary/aromatic N) is 3. The van der Waals surface area contributed by atoms with Gasteiger partial charge in [0, 0.05) is 7.05 Å². The van der Waals surface area contributed by atoms with Gasteiger partial charge in [0.15, 0.2) is 0 Å². The van der Waals surface area contributed by atoms with Gasteiger partial charge in [-0.1, -0.05) is 0 Å².